The van der Waals surface area contributed by atoms with Crippen LogP contribution in [0.5, 0.6) is 0 Å². The molecule has 1 N–H and O–H groups in total. The summed E-state index contributed by atoms with van der Waals surface area (Å²) < 4.78 is 28.6. The molecule has 184 valence electrons. The first-order valence-electron chi connectivity index (χ1n) is 11.8. The Morgan fingerprint density at radius 3 is 1.92 bits per heavy atom. The number of anilines is 1. The molecule has 0 heterocycles. The van der Waals surface area contributed by atoms with Crippen molar-refractivity contribution < 1.29 is 13.2 Å². The van der Waals surface area contributed by atoms with E-state index in [-0.39, 0.29) is 11.4 Å². The number of sulfonamides is 1. The average molecular weight is 499 g/mol. The first-order chi connectivity index (χ1) is 17.3. The number of hydrogen-bond donors (Lipinski definition) is 1. The Bertz CT molecular complexity index is 1430. The van der Waals surface area contributed by atoms with E-state index in [9.17, 15) is 13.2 Å². The zero-order chi connectivity index (χ0) is 25.7. The molecule has 4 rings (SSSR count). The van der Waals surface area contributed by atoms with E-state index in [0.717, 1.165) is 27.8 Å². The van der Waals surface area contributed by atoms with E-state index in [2.05, 4.69) is 5.32 Å². The lowest BCUT2D eigenvalue weighted by Crippen LogP contribution is -2.42. The van der Waals surface area contributed by atoms with Crippen molar-refractivity contribution in [1.29, 1.82) is 0 Å². The number of nitrogens with zero attached hydrogens (tertiary/aromatic N) is 1. The molecule has 0 aliphatic heterocycles. The molecule has 0 spiro atoms. The molecule has 0 aromatic heterocycles. The third-order valence-electron chi connectivity index (χ3n) is 6.16. The van der Waals surface area contributed by atoms with Crippen molar-refractivity contribution in [3.63, 3.8) is 0 Å². The lowest BCUT2D eigenvalue weighted by atomic mass is 9.95. The molecule has 6 heteroatoms. The molecule has 1 amide bonds. The minimum absolute atomic E-state index is 0.139. The average Bonchev–Trinajstić information content (AvgIpc) is 2.88. The molecule has 0 saturated heterocycles. The minimum atomic E-state index is -3.98. The highest BCUT2D eigenvalue weighted by Crippen LogP contribution is 2.27. The highest BCUT2D eigenvalue weighted by Gasteiger charge is 2.28. The first-order valence-corrected chi connectivity index (χ1v) is 13.3. The second kappa shape index (κ2) is 10.8. The molecule has 0 aliphatic rings. The molecule has 4 aromatic rings. The molecule has 0 unspecified atom stereocenters. The fourth-order valence-corrected chi connectivity index (χ4v) is 5.52. The topological polar surface area (TPSA) is 66.5 Å². The van der Waals surface area contributed by atoms with Gasteiger partial charge in [-0.2, -0.15) is 0 Å². The lowest BCUT2D eigenvalue weighted by molar-refractivity contribution is -0.120. The van der Waals surface area contributed by atoms with Crippen LogP contribution in [-0.2, 0) is 14.8 Å². The van der Waals surface area contributed by atoms with Gasteiger partial charge in [0.25, 0.3) is 10.0 Å². The summed E-state index contributed by atoms with van der Waals surface area (Å²) >= 11 is 0. The van der Waals surface area contributed by atoms with Crippen molar-refractivity contribution in [2.75, 3.05) is 10.8 Å². The van der Waals surface area contributed by atoms with E-state index in [1.807, 2.05) is 87.5 Å². The van der Waals surface area contributed by atoms with Crippen molar-refractivity contribution in [3.05, 3.63) is 131 Å². The zero-order valence-electron chi connectivity index (χ0n) is 20.7. The van der Waals surface area contributed by atoms with Gasteiger partial charge in [-0.1, -0.05) is 90.0 Å². The van der Waals surface area contributed by atoms with Gasteiger partial charge in [-0.3, -0.25) is 9.10 Å². The van der Waals surface area contributed by atoms with Gasteiger partial charge in [0.15, 0.2) is 0 Å². The third-order valence-corrected chi connectivity index (χ3v) is 7.94. The van der Waals surface area contributed by atoms with Gasteiger partial charge < -0.3 is 5.32 Å². The number of nitrogens with one attached hydrogen (secondary N) is 1. The molecule has 0 aliphatic carbocycles. The smallest absolute Gasteiger partial charge is 0.264 e. The Balaban J connectivity index is 1.69. The SMILES string of the molecule is Cc1ccc(N(CC(=O)N[C@@H](c2ccccc2)c2ccccc2C)S(=O)(=O)c2ccc(C)cc2)cc1. The summed E-state index contributed by atoms with van der Waals surface area (Å²) in [6.45, 7) is 5.48. The zero-order valence-corrected chi connectivity index (χ0v) is 21.5. The van der Waals surface area contributed by atoms with Gasteiger partial charge in [0.05, 0.1) is 16.6 Å². The first kappa shape index (κ1) is 25.2. The Hall–Kier alpha value is -3.90. The highest BCUT2D eigenvalue weighted by molar-refractivity contribution is 7.92. The van der Waals surface area contributed by atoms with E-state index < -0.39 is 22.0 Å². The van der Waals surface area contributed by atoms with E-state index in [1.165, 1.54) is 4.31 Å². The van der Waals surface area contributed by atoms with Gasteiger partial charge in [0.1, 0.15) is 6.54 Å². The van der Waals surface area contributed by atoms with Gasteiger partial charge in [0, 0.05) is 0 Å². The number of amides is 1. The summed E-state index contributed by atoms with van der Waals surface area (Å²) in [5.74, 6) is -0.400. The maximum atomic E-state index is 13.7. The van der Waals surface area contributed by atoms with Crippen molar-refractivity contribution in [3.8, 4) is 0 Å². The quantitative estimate of drug-likeness (QED) is 0.338. The number of hydrogen-bond acceptors (Lipinski definition) is 3. The third kappa shape index (κ3) is 5.66. The second-order valence-electron chi connectivity index (χ2n) is 8.93. The van der Waals surface area contributed by atoms with Gasteiger partial charge >= 0.3 is 0 Å². The molecule has 4 aromatic carbocycles. The predicted octanol–water partition coefficient (Wildman–Crippen LogP) is 5.71. The number of carbonyl (C=O) groups is 1. The number of benzene rings is 4. The molecular weight excluding hydrogens is 468 g/mol. The monoisotopic (exact) mass is 498 g/mol. The van der Waals surface area contributed by atoms with E-state index >= 15 is 0 Å². The van der Waals surface area contributed by atoms with Crippen LogP contribution in [0.3, 0.4) is 0 Å². The van der Waals surface area contributed by atoms with Crippen LogP contribution in [0.15, 0.2) is 108 Å². The normalized spacial score (nSPS) is 12.1. The maximum absolute atomic E-state index is 13.7. The maximum Gasteiger partial charge on any atom is 0.264 e. The Morgan fingerprint density at radius 1 is 0.750 bits per heavy atom. The molecule has 0 bridgehead atoms. The number of rotatable bonds is 8. The van der Waals surface area contributed by atoms with Gasteiger partial charge in [0.2, 0.25) is 5.91 Å². The number of carbonyl (C=O) groups excluding carboxylic acids is 1. The Kier molecular flexibility index (Phi) is 7.55. The standard InChI is InChI=1S/C30H30N2O3S/c1-22-13-17-26(18-14-22)32(36(34,35)27-19-15-23(2)16-20-27)21-29(33)31-30(25-10-5-4-6-11-25)28-12-8-7-9-24(28)3/h4-20,30H,21H2,1-3H3,(H,31,33)/t30-/m0/s1. The van der Waals surface area contributed by atoms with Crippen molar-refractivity contribution in [2.24, 2.45) is 0 Å². The summed E-state index contributed by atoms with van der Waals surface area (Å²) in [7, 11) is -3.98. The van der Waals surface area contributed by atoms with Crippen molar-refractivity contribution in [1.82, 2.24) is 5.32 Å². The molecule has 0 fully saturated rings. The van der Waals surface area contributed by atoms with Crippen LogP contribution in [-0.4, -0.2) is 20.9 Å². The van der Waals surface area contributed by atoms with Crippen LogP contribution in [0.2, 0.25) is 0 Å². The fourth-order valence-electron chi connectivity index (χ4n) is 4.10. The molecular formula is C30H30N2O3S. The minimum Gasteiger partial charge on any atom is -0.344 e. The number of aryl methyl sites for hydroxylation is 3. The van der Waals surface area contributed by atoms with Crippen LogP contribution in [0.1, 0.15) is 33.9 Å². The molecule has 5 nitrogen and oxygen atoms in total. The lowest BCUT2D eigenvalue weighted by Gasteiger charge is -2.27. The second-order valence-corrected chi connectivity index (χ2v) is 10.8. The van der Waals surface area contributed by atoms with Crippen LogP contribution >= 0.6 is 0 Å². The van der Waals surface area contributed by atoms with Crippen LogP contribution in [0, 0.1) is 20.8 Å². The Morgan fingerprint density at radius 2 is 1.31 bits per heavy atom. The van der Waals surface area contributed by atoms with E-state index in [0.29, 0.717) is 5.69 Å². The fraction of sp³-hybridized carbons (Fsp3) is 0.167. The van der Waals surface area contributed by atoms with Crippen molar-refractivity contribution in [2.45, 2.75) is 31.7 Å². The predicted molar refractivity (Wildman–Crippen MR) is 144 cm³/mol. The van der Waals surface area contributed by atoms with Crippen LogP contribution < -0.4 is 9.62 Å². The van der Waals surface area contributed by atoms with Gasteiger partial charge in [-0.05, 0) is 61.7 Å². The van der Waals surface area contributed by atoms with Crippen LogP contribution in [0.4, 0.5) is 5.69 Å². The molecule has 0 saturated carbocycles. The molecule has 36 heavy (non-hydrogen) atoms. The summed E-state index contributed by atoms with van der Waals surface area (Å²) in [6.07, 6.45) is 0. The Labute approximate surface area is 213 Å². The van der Waals surface area contributed by atoms with Crippen LogP contribution in [0.25, 0.3) is 0 Å². The largest absolute Gasteiger partial charge is 0.344 e. The molecule has 0 radical (unpaired) electrons. The van der Waals surface area contributed by atoms with E-state index in [1.54, 1.807) is 36.4 Å². The van der Waals surface area contributed by atoms with Gasteiger partial charge in [-0.25, -0.2) is 8.42 Å². The summed E-state index contributed by atoms with van der Waals surface area (Å²) in [4.78, 5) is 13.6. The summed E-state index contributed by atoms with van der Waals surface area (Å²) in [5.41, 5.74) is 5.30. The summed E-state index contributed by atoms with van der Waals surface area (Å²) in [6, 6.07) is 30.9. The molecule has 1 atom stereocenters. The van der Waals surface area contributed by atoms with Crippen molar-refractivity contribution >= 4 is 21.6 Å². The summed E-state index contributed by atoms with van der Waals surface area (Å²) in [5, 5.41) is 3.09. The van der Waals surface area contributed by atoms with Gasteiger partial charge in [-0.15, -0.1) is 0 Å². The van der Waals surface area contributed by atoms with E-state index in [4.69, 9.17) is 0 Å². The highest BCUT2D eigenvalue weighted by atomic mass is 32.2.